The first-order valence-corrected chi connectivity index (χ1v) is 9.03. The van der Waals surface area contributed by atoms with Crippen LogP contribution in [0.2, 0.25) is 0 Å². The number of ether oxygens (including phenoxy) is 1. The Morgan fingerprint density at radius 1 is 1.04 bits per heavy atom. The summed E-state index contributed by atoms with van der Waals surface area (Å²) in [4.78, 5) is 14.8. The minimum Gasteiger partial charge on any atom is -0.444 e. The Morgan fingerprint density at radius 3 is 2.35 bits per heavy atom. The molecule has 26 heavy (non-hydrogen) atoms. The lowest BCUT2D eigenvalue weighted by molar-refractivity contribution is -0.137. The lowest BCUT2D eigenvalue weighted by Crippen LogP contribution is -2.31. The predicted octanol–water partition coefficient (Wildman–Crippen LogP) is 6.81. The summed E-state index contributed by atoms with van der Waals surface area (Å²) in [7, 11) is 0. The zero-order valence-electron chi connectivity index (χ0n) is 12.7. The molecular formula is C16H9Cl3F3NO2S. The van der Waals surface area contributed by atoms with E-state index in [4.69, 9.17) is 39.5 Å². The normalized spacial score (nSPS) is 13.8. The molecule has 0 saturated carbocycles. The molecule has 2 aromatic carbocycles. The van der Waals surface area contributed by atoms with Gasteiger partial charge in [-0.15, -0.1) is 0 Å². The van der Waals surface area contributed by atoms with E-state index in [1.54, 1.807) is 24.3 Å². The van der Waals surface area contributed by atoms with Gasteiger partial charge in [-0.25, -0.2) is 9.69 Å². The molecule has 0 N–H and O–H groups in total. The van der Waals surface area contributed by atoms with Crippen LogP contribution in [0.15, 0.2) is 52.3 Å². The molecule has 1 heterocycles. The molecule has 1 aliphatic rings. The lowest BCUT2D eigenvalue weighted by atomic mass is 10.1. The molecule has 3 nitrogen and oxygen atoms in total. The maximum absolute atomic E-state index is 13.1. The van der Waals surface area contributed by atoms with E-state index in [2.05, 4.69) is 0 Å². The quantitative estimate of drug-likeness (QED) is 0.454. The minimum atomic E-state index is -4.55. The number of fused-ring (bicyclic) bond motifs is 2. The number of rotatable bonds is 1. The Morgan fingerprint density at radius 2 is 1.69 bits per heavy atom. The fourth-order valence-electron chi connectivity index (χ4n) is 2.34. The van der Waals surface area contributed by atoms with Gasteiger partial charge in [-0.1, -0.05) is 58.7 Å². The molecule has 0 unspecified atom stereocenters. The highest BCUT2D eigenvalue weighted by atomic mass is 35.6. The topological polar surface area (TPSA) is 29.5 Å². The van der Waals surface area contributed by atoms with Crippen molar-refractivity contribution in [3.05, 3.63) is 48.0 Å². The predicted molar refractivity (Wildman–Crippen MR) is 95.8 cm³/mol. The Bertz CT molecular complexity index is 855. The standard InChI is InChI=1S/C16H9Cl3F3NO2S/c17-15(18,19)8-25-14(24)23-10-3-1-2-4-12(10)26-13-6-5-9(7-11(13)23)16(20,21)22/h1-7H,8H2. The number of amides is 1. The van der Waals surface area contributed by atoms with Gasteiger partial charge in [0.25, 0.3) is 0 Å². The summed E-state index contributed by atoms with van der Waals surface area (Å²) in [5, 5.41) is 0. The molecule has 10 heteroatoms. The van der Waals surface area contributed by atoms with Crippen LogP contribution in [0.1, 0.15) is 5.56 Å². The lowest BCUT2D eigenvalue weighted by Gasteiger charge is -2.31. The molecule has 3 rings (SSSR count). The summed E-state index contributed by atoms with van der Waals surface area (Å²) in [6, 6.07) is 9.93. The van der Waals surface area contributed by atoms with E-state index in [1.807, 2.05) is 0 Å². The van der Waals surface area contributed by atoms with Crippen molar-refractivity contribution in [3.63, 3.8) is 0 Å². The van der Waals surface area contributed by atoms with Gasteiger partial charge in [0.2, 0.25) is 3.79 Å². The van der Waals surface area contributed by atoms with Crippen LogP contribution in [-0.4, -0.2) is 16.5 Å². The zero-order valence-corrected chi connectivity index (χ0v) is 15.8. The SMILES string of the molecule is O=C(OCC(Cl)(Cl)Cl)N1c2ccccc2Sc2ccc(C(F)(F)F)cc21. The Labute approximate surface area is 166 Å². The van der Waals surface area contributed by atoms with Crippen molar-refractivity contribution < 1.29 is 22.7 Å². The van der Waals surface area contributed by atoms with E-state index in [9.17, 15) is 18.0 Å². The van der Waals surface area contributed by atoms with Gasteiger partial charge in [-0.2, -0.15) is 13.2 Å². The number of carbonyl (C=O) groups excluding carboxylic acids is 1. The first-order chi connectivity index (χ1) is 12.1. The number of anilines is 2. The smallest absolute Gasteiger partial charge is 0.419 e. The molecule has 1 aliphatic heterocycles. The van der Waals surface area contributed by atoms with Crippen molar-refractivity contribution in [2.75, 3.05) is 11.5 Å². The Hall–Kier alpha value is -1.28. The number of hydrogen-bond donors (Lipinski definition) is 0. The minimum absolute atomic E-state index is 0.0536. The fourth-order valence-corrected chi connectivity index (χ4v) is 3.54. The van der Waals surface area contributed by atoms with Gasteiger partial charge in [-0.05, 0) is 30.3 Å². The van der Waals surface area contributed by atoms with Gasteiger partial charge in [0.15, 0.2) is 0 Å². The average Bonchev–Trinajstić information content (AvgIpc) is 2.55. The van der Waals surface area contributed by atoms with Crippen LogP contribution in [0, 0.1) is 0 Å². The molecule has 0 saturated heterocycles. The third kappa shape index (κ3) is 4.17. The summed E-state index contributed by atoms with van der Waals surface area (Å²) < 4.78 is 42.4. The fraction of sp³-hybridized carbons (Fsp3) is 0.188. The van der Waals surface area contributed by atoms with Crippen molar-refractivity contribution in [2.45, 2.75) is 19.8 Å². The number of benzene rings is 2. The van der Waals surface area contributed by atoms with Crippen molar-refractivity contribution in [2.24, 2.45) is 0 Å². The summed E-state index contributed by atoms with van der Waals surface area (Å²) in [5.41, 5.74) is -0.438. The monoisotopic (exact) mass is 441 g/mol. The highest BCUT2D eigenvalue weighted by molar-refractivity contribution is 7.99. The second kappa shape index (κ2) is 7.03. The molecule has 1 amide bonds. The van der Waals surface area contributed by atoms with E-state index < -0.39 is 28.2 Å². The van der Waals surface area contributed by atoms with Crippen LogP contribution in [0.25, 0.3) is 0 Å². The maximum Gasteiger partial charge on any atom is 0.419 e. The van der Waals surface area contributed by atoms with Gasteiger partial charge in [0, 0.05) is 9.79 Å². The molecule has 0 atom stereocenters. The van der Waals surface area contributed by atoms with Crippen LogP contribution < -0.4 is 4.90 Å². The van der Waals surface area contributed by atoms with Crippen molar-refractivity contribution in [1.82, 2.24) is 0 Å². The van der Waals surface area contributed by atoms with Gasteiger partial charge in [-0.3, -0.25) is 0 Å². The molecule has 2 aromatic rings. The molecule has 0 bridgehead atoms. The van der Waals surface area contributed by atoms with E-state index >= 15 is 0 Å². The second-order valence-electron chi connectivity index (χ2n) is 5.26. The number of carbonyl (C=O) groups is 1. The first-order valence-electron chi connectivity index (χ1n) is 7.08. The average molecular weight is 443 g/mol. The molecule has 0 radical (unpaired) electrons. The zero-order chi connectivity index (χ0) is 19.1. The molecule has 138 valence electrons. The van der Waals surface area contributed by atoms with Crippen LogP contribution in [0.5, 0.6) is 0 Å². The largest absolute Gasteiger partial charge is 0.444 e. The Balaban J connectivity index is 2.06. The van der Waals surface area contributed by atoms with Crippen molar-refractivity contribution >= 4 is 64.0 Å². The number of nitrogens with zero attached hydrogens (tertiary/aromatic N) is 1. The van der Waals surface area contributed by atoms with Gasteiger partial charge < -0.3 is 4.74 Å². The molecule has 0 aliphatic carbocycles. The Kier molecular flexibility index (Phi) is 5.27. The molecule has 0 fully saturated rings. The van der Waals surface area contributed by atoms with Gasteiger partial charge >= 0.3 is 12.3 Å². The number of alkyl halides is 6. The summed E-state index contributed by atoms with van der Waals surface area (Å²) >= 11 is 18.0. The highest BCUT2D eigenvalue weighted by Crippen LogP contribution is 2.49. The molecule has 0 aromatic heterocycles. The van der Waals surface area contributed by atoms with Crippen LogP contribution in [-0.2, 0) is 10.9 Å². The summed E-state index contributed by atoms with van der Waals surface area (Å²) in [6.07, 6.45) is -5.49. The van der Waals surface area contributed by atoms with E-state index in [0.717, 1.165) is 17.0 Å². The van der Waals surface area contributed by atoms with Crippen molar-refractivity contribution in [3.8, 4) is 0 Å². The summed E-state index contributed by atoms with van der Waals surface area (Å²) in [5.74, 6) is 0. The maximum atomic E-state index is 13.1. The van der Waals surface area contributed by atoms with E-state index in [1.165, 1.54) is 17.8 Å². The third-order valence-corrected chi connectivity index (χ3v) is 4.85. The van der Waals surface area contributed by atoms with Gasteiger partial charge in [0.1, 0.15) is 6.61 Å². The van der Waals surface area contributed by atoms with Gasteiger partial charge in [0.05, 0.1) is 16.9 Å². The first kappa shape index (κ1) is 19.5. The third-order valence-electron chi connectivity index (χ3n) is 3.40. The molecule has 0 spiro atoms. The number of para-hydroxylation sites is 1. The molecular weight excluding hydrogens is 434 g/mol. The number of hydrogen-bond acceptors (Lipinski definition) is 3. The van der Waals surface area contributed by atoms with E-state index in [-0.39, 0.29) is 5.69 Å². The van der Waals surface area contributed by atoms with Crippen LogP contribution in [0.4, 0.5) is 29.3 Å². The summed E-state index contributed by atoms with van der Waals surface area (Å²) in [6.45, 7) is -0.545. The second-order valence-corrected chi connectivity index (χ2v) is 8.86. The van der Waals surface area contributed by atoms with Crippen LogP contribution >= 0.6 is 46.6 Å². The highest BCUT2D eigenvalue weighted by Gasteiger charge is 2.36. The van der Waals surface area contributed by atoms with Crippen LogP contribution in [0.3, 0.4) is 0 Å². The van der Waals surface area contributed by atoms with E-state index in [0.29, 0.717) is 15.5 Å². The van der Waals surface area contributed by atoms with Crippen molar-refractivity contribution in [1.29, 1.82) is 0 Å². The number of halogens is 6.